The van der Waals surface area contributed by atoms with Crippen molar-refractivity contribution < 1.29 is 24.6 Å². The topological polar surface area (TPSA) is 133 Å². The SMILES string of the molecule is NCC(=O)NC=CSC1=C(C(=O)O)N2C(=O)C(CCO)C2C1. The van der Waals surface area contributed by atoms with Crippen LogP contribution in [0.3, 0.4) is 0 Å². The Labute approximate surface area is 131 Å². The highest BCUT2D eigenvalue weighted by atomic mass is 32.2. The summed E-state index contributed by atoms with van der Waals surface area (Å²) in [6.45, 7) is -0.234. The molecule has 22 heavy (non-hydrogen) atoms. The van der Waals surface area contributed by atoms with Crippen molar-refractivity contribution in [3.8, 4) is 0 Å². The summed E-state index contributed by atoms with van der Waals surface area (Å²) in [5.41, 5.74) is 5.13. The summed E-state index contributed by atoms with van der Waals surface area (Å²) in [6, 6.07) is -0.194. The molecule has 2 amide bonds. The van der Waals surface area contributed by atoms with E-state index >= 15 is 0 Å². The molecule has 2 unspecified atom stereocenters. The fourth-order valence-corrected chi connectivity index (χ4v) is 3.48. The maximum absolute atomic E-state index is 12.0. The molecule has 0 bridgehead atoms. The Morgan fingerprint density at radius 1 is 1.50 bits per heavy atom. The van der Waals surface area contributed by atoms with E-state index in [2.05, 4.69) is 5.32 Å². The van der Waals surface area contributed by atoms with Crippen molar-refractivity contribution in [2.24, 2.45) is 11.7 Å². The normalized spacial score (nSPS) is 23.7. The first kappa shape index (κ1) is 16.5. The molecular formula is C13H17N3O5S. The first-order valence-electron chi connectivity index (χ1n) is 6.72. The lowest BCUT2D eigenvalue weighted by atomic mass is 9.85. The molecule has 9 heteroatoms. The highest BCUT2D eigenvalue weighted by molar-refractivity contribution is 8.05. The van der Waals surface area contributed by atoms with Gasteiger partial charge >= 0.3 is 5.97 Å². The minimum absolute atomic E-state index is 0.0102. The number of amides is 2. The van der Waals surface area contributed by atoms with Crippen LogP contribution in [0.4, 0.5) is 0 Å². The predicted molar refractivity (Wildman–Crippen MR) is 79.0 cm³/mol. The number of hydrogen-bond donors (Lipinski definition) is 4. The number of nitrogens with one attached hydrogen (secondary N) is 1. The van der Waals surface area contributed by atoms with E-state index < -0.39 is 5.97 Å². The molecule has 5 N–H and O–H groups in total. The average Bonchev–Trinajstić information content (AvgIpc) is 2.84. The number of fused-ring (bicyclic) bond motifs is 1. The number of carbonyl (C=O) groups is 3. The van der Waals surface area contributed by atoms with Gasteiger partial charge in [0.05, 0.1) is 18.5 Å². The second-order valence-corrected chi connectivity index (χ2v) is 5.87. The lowest BCUT2D eigenvalue weighted by molar-refractivity contribution is -0.155. The van der Waals surface area contributed by atoms with Crippen LogP contribution in [-0.4, -0.2) is 52.1 Å². The van der Waals surface area contributed by atoms with Gasteiger partial charge in [0.2, 0.25) is 11.8 Å². The Morgan fingerprint density at radius 2 is 2.23 bits per heavy atom. The van der Waals surface area contributed by atoms with Crippen LogP contribution in [0.5, 0.6) is 0 Å². The maximum Gasteiger partial charge on any atom is 0.353 e. The number of aliphatic hydroxyl groups excluding tert-OH is 1. The number of nitrogens with two attached hydrogens (primary N) is 1. The summed E-state index contributed by atoms with van der Waals surface area (Å²) in [5.74, 6) is -2.08. The zero-order chi connectivity index (χ0) is 16.3. The number of hydrogen-bond acceptors (Lipinski definition) is 6. The Bertz CT molecular complexity index is 560. The molecular weight excluding hydrogens is 310 g/mol. The molecule has 2 aliphatic heterocycles. The number of carboxylic acid groups (broad SMARTS) is 1. The lowest BCUT2D eigenvalue weighted by Crippen LogP contribution is -2.58. The van der Waals surface area contributed by atoms with Crippen molar-refractivity contribution in [1.29, 1.82) is 0 Å². The van der Waals surface area contributed by atoms with Gasteiger partial charge in [-0.05, 0) is 11.8 Å². The molecule has 0 aromatic heterocycles. The number of carbonyl (C=O) groups excluding carboxylic acids is 2. The van der Waals surface area contributed by atoms with Gasteiger partial charge in [-0.1, -0.05) is 11.8 Å². The molecule has 1 fully saturated rings. The molecule has 2 atom stereocenters. The summed E-state index contributed by atoms with van der Waals surface area (Å²) in [7, 11) is 0. The van der Waals surface area contributed by atoms with Crippen molar-refractivity contribution in [3.63, 3.8) is 0 Å². The number of rotatable bonds is 7. The molecule has 1 saturated heterocycles. The smallest absolute Gasteiger partial charge is 0.353 e. The molecule has 8 nitrogen and oxygen atoms in total. The monoisotopic (exact) mass is 327 g/mol. The maximum atomic E-state index is 12.0. The molecule has 2 heterocycles. The Kier molecular flexibility index (Phi) is 5.22. The number of aliphatic hydroxyl groups is 1. The predicted octanol–water partition coefficient (Wildman–Crippen LogP) is -0.825. The molecule has 0 aliphatic carbocycles. The number of β-lactam (4-membered cyclic amide) rings is 1. The van der Waals surface area contributed by atoms with Crippen molar-refractivity contribution in [3.05, 3.63) is 22.2 Å². The molecule has 120 valence electrons. The third-order valence-corrected chi connectivity index (χ3v) is 4.52. The molecule has 2 aliphatic rings. The highest BCUT2D eigenvalue weighted by Gasteiger charge is 2.54. The van der Waals surface area contributed by atoms with E-state index in [1.807, 2.05) is 0 Å². The average molecular weight is 327 g/mol. The number of carboxylic acids is 1. The van der Waals surface area contributed by atoms with Crippen LogP contribution in [0, 0.1) is 5.92 Å². The van der Waals surface area contributed by atoms with E-state index in [-0.39, 0.29) is 42.6 Å². The van der Waals surface area contributed by atoms with Gasteiger partial charge in [-0.25, -0.2) is 4.79 Å². The van der Waals surface area contributed by atoms with Crippen molar-refractivity contribution in [2.45, 2.75) is 18.9 Å². The molecule has 0 saturated carbocycles. The third-order valence-electron chi connectivity index (χ3n) is 3.60. The summed E-state index contributed by atoms with van der Waals surface area (Å²) in [6.07, 6.45) is 2.17. The minimum atomic E-state index is -1.15. The second kappa shape index (κ2) is 6.95. The lowest BCUT2D eigenvalue weighted by Gasteiger charge is -2.43. The standard InChI is InChI=1S/C13H17N3O5S/c14-6-10(18)15-2-4-22-9-5-8-7(1-3-17)12(19)16(8)11(9)13(20)21/h2,4,7-8,17H,1,3,5-6,14H2,(H,15,18)(H,20,21). The van der Waals surface area contributed by atoms with Gasteiger partial charge in [0.15, 0.2) is 0 Å². The Hall–Kier alpha value is -1.84. The van der Waals surface area contributed by atoms with E-state index in [0.717, 1.165) is 11.8 Å². The van der Waals surface area contributed by atoms with Gasteiger partial charge < -0.3 is 26.2 Å². The first-order chi connectivity index (χ1) is 10.5. The van der Waals surface area contributed by atoms with Crippen LogP contribution in [0.25, 0.3) is 0 Å². The Morgan fingerprint density at radius 3 is 2.82 bits per heavy atom. The quantitative estimate of drug-likeness (QED) is 0.449. The van der Waals surface area contributed by atoms with Crippen LogP contribution in [0.15, 0.2) is 22.2 Å². The molecule has 0 aromatic rings. The summed E-state index contributed by atoms with van der Waals surface area (Å²) in [4.78, 5) is 36.2. The van der Waals surface area contributed by atoms with Gasteiger partial charge in [0.25, 0.3) is 0 Å². The van der Waals surface area contributed by atoms with E-state index in [9.17, 15) is 19.5 Å². The minimum Gasteiger partial charge on any atom is -0.477 e. The van der Waals surface area contributed by atoms with Gasteiger partial charge in [-0.3, -0.25) is 9.59 Å². The Balaban J connectivity index is 2.05. The molecule has 0 spiro atoms. The fourth-order valence-electron chi connectivity index (χ4n) is 2.62. The van der Waals surface area contributed by atoms with Crippen LogP contribution in [-0.2, 0) is 14.4 Å². The van der Waals surface area contributed by atoms with Gasteiger partial charge in [0.1, 0.15) is 5.70 Å². The number of nitrogens with zero attached hydrogens (tertiary/aromatic N) is 1. The highest BCUT2D eigenvalue weighted by Crippen LogP contribution is 2.47. The first-order valence-corrected chi connectivity index (χ1v) is 7.60. The second-order valence-electron chi connectivity index (χ2n) is 4.87. The van der Waals surface area contributed by atoms with Crippen molar-refractivity contribution >= 4 is 29.5 Å². The van der Waals surface area contributed by atoms with Crippen LogP contribution < -0.4 is 11.1 Å². The van der Waals surface area contributed by atoms with E-state index in [1.165, 1.54) is 11.1 Å². The number of thioether (sulfide) groups is 1. The van der Waals surface area contributed by atoms with Gasteiger partial charge in [-0.15, -0.1) is 0 Å². The van der Waals surface area contributed by atoms with Crippen LogP contribution in [0.2, 0.25) is 0 Å². The summed E-state index contributed by atoms with van der Waals surface area (Å²) < 4.78 is 0. The van der Waals surface area contributed by atoms with Crippen molar-refractivity contribution in [1.82, 2.24) is 10.2 Å². The summed E-state index contributed by atoms with van der Waals surface area (Å²) >= 11 is 1.15. The summed E-state index contributed by atoms with van der Waals surface area (Å²) in [5, 5.41) is 22.2. The van der Waals surface area contributed by atoms with Crippen LogP contribution >= 0.6 is 11.8 Å². The largest absolute Gasteiger partial charge is 0.477 e. The third kappa shape index (κ3) is 3.01. The molecule has 0 radical (unpaired) electrons. The zero-order valence-corrected chi connectivity index (χ0v) is 12.5. The van der Waals surface area contributed by atoms with E-state index in [1.54, 1.807) is 5.41 Å². The van der Waals surface area contributed by atoms with Gasteiger partial charge in [0, 0.05) is 24.1 Å². The van der Waals surface area contributed by atoms with E-state index in [4.69, 9.17) is 10.8 Å². The van der Waals surface area contributed by atoms with Crippen LogP contribution in [0.1, 0.15) is 12.8 Å². The van der Waals surface area contributed by atoms with E-state index in [0.29, 0.717) is 17.7 Å². The molecule has 2 rings (SSSR count). The zero-order valence-electron chi connectivity index (χ0n) is 11.7. The fraction of sp³-hybridized carbons (Fsp3) is 0.462. The molecule has 0 aromatic carbocycles. The number of aliphatic carboxylic acids is 1. The van der Waals surface area contributed by atoms with Crippen molar-refractivity contribution in [2.75, 3.05) is 13.2 Å². The van der Waals surface area contributed by atoms with Gasteiger partial charge in [-0.2, -0.15) is 0 Å².